The zero-order valence-electron chi connectivity index (χ0n) is 18.0. The van der Waals surface area contributed by atoms with Crippen LogP contribution in [0.2, 0.25) is 0 Å². The Morgan fingerprint density at radius 2 is 1.87 bits per heavy atom. The number of thioether (sulfide) groups is 1. The Morgan fingerprint density at radius 3 is 2.68 bits per heavy atom. The van der Waals surface area contributed by atoms with Gasteiger partial charge in [0.2, 0.25) is 11.8 Å². The van der Waals surface area contributed by atoms with E-state index >= 15 is 0 Å². The number of aryl methyl sites for hydroxylation is 1. The van der Waals surface area contributed by atoms with Gasteiger partial charge in [0.25, 0.3) is 0 Å². The number of rotatable bonds is 7. The van der Waals surface area contributed by atoms with Gasteiger partial charge in [0, 0.05) is 43.3 Å². The average Bonchev–Trinajstić information content (AvgIpc) is 2.79. The van der Waals surface area contributed by atoms with Crippen LogP contribution in [0.25, 0.3) is 0 Å². The molecule has 0 atom stereocenters. The SMILES string of the molecule is Cc1cccc(N2CCN(CCCNC(=O)CN3C(=O)CSc4ccccc43)CC2)c1. The summed E-state index contributed by atoms with van der Waals surface area (Å²) in [4.78, 5) is 32.3. The van der Waals surface area contributed by atoms with Crippen LogP contribution >= 0.6 is 11.8 Å². The van der Waals surface area contributed by atoms with Gasteiger partial charge in [-0.05, 0) is 49.7 Å². The van der Waals surface area contributed by atoms with Gasteiger partial charge >= 0.3 is 0 Å². The van der Waals surface area contributed by atoms with E-state index < -0.39 is 0 Å². The van der Waals surface area contributed by atoms with Gasteiger partial charge in [0.15, 0.2) is 0 Å². The van der Waals surface area contributed by atoms with Crippen LogP contribution in [0.4, 0.5) is 11.4 Å². The molecule has 0 radical (unpaired) electrons. The molecule has 2 aliphatic rings. The van der Waals surface area contributed by atoms with Crippen molar-refractivity contribution in [2.24, 2.45) is 0 Å². The first kappa shape index (κ1) is 21.7. The van der Waals surface area contributed by atoms with Crippen LogP contribution in [0, 0.1) is 6.92 Å². The average molecular weight is 439 g/mol. The van der Waals surface area contributed by atoms with Crippen LogP contribution in [-0.4, -0.2) is 68.3 Å². The van der Waals surface area contributed by atoms with Crippen molar-refractivity contribution in [2.75, 3.05) is 61.4 Å². The van der Waals surface area contributed by atoms with Crippen LogP contribution in [-0.2, 0) is 9.59 Å². The molecule has 0 aromatic heterocycles. The molecule has 0 spiro atoms. The van der Waals surface area contributed by atoms with Crippen molar-refractivity contribution < 1.29 is 9.59 Å². The van der Waals surface area contributed by atoms with E-state index in [-0.39, 0.29) is 18.4 Å². The van der Waals surface area contributed by atoms with Gasteiger partial charge in [-0.15, -0.1) is 11.8 Å². The van der Waals surface area contributed by atoms with Crippen molar-refractivity contribution >= 4 is 35.0 Å². The highest BCUT2D eigenvalue weighted by Gasteiger charge is 2.26. The number of carbonyl (C=O) groups excluding carboxylic acids is 2. The molecular weight excluding hydrogens is 408 g/mol. The van der Waals surface area contributed by atoms with Gasteiger partial charge in [-0.2, -0.15) is 0 Å². The third kappa shape index (κ3) is 5.60. The molecule has 1 saturated heterocycles. The molecule has 0 aliphatic carbocycles. The maximum Gasteiger partial charge on any atom is 0.240 e. The molecule has 0 unspecified atom stereocenters. The lowest BCUT2D eigenvalue weighted by molar-refractivity contribution is -0.123. The summed E-state index contributed by atoms with van der Waals surface area (Å²) in [6.07, 6.45) is 0.913. The monoisotopic (exact) mass is 438 g/mol. The number of nitrogens with one attached hydrogen (secondary N) is 1. The van der Waals surface area contributed by atoms with Crippen LogP contribution in [0.5, 0.6) is 0 Å². The number of hydrogen-bond acceptors (Lipinski definition) is 5. The van der Waals surface area contributed by atoms with Gasteiger partial charge in [-0.3, -0.25) is 14.5 Å². The summed E-state index contributed by atoms with van der Waals surface area (Å²) in [5.41, 5.74) is 3.44. The molecule has 2 aromatic carbocycles. The van der Waals surface area contributed by atoms with E-state index in [0.717, 1.165) is 49.7 Å². The van der Waals surface area contributed by atoms with E-state index in [1.54, 1.807) is 4.90 Å². The largest absolute Gasteiger partial charge is 0.369 e. The summed E-state index contributed by atoms with van der Waals surface area (Å²) in [5, 5.41) is 2.99. The second-order valence-corrected chi connectivity index (χ2v) is 9.12. The minimum atomic E-state index is -0.0979. The number of anilines is 2. The third-order valence-corrected chi connectivity index (χ3v) is 6.87. The standard InChI is InChI=1S/C24H30N4O2S/c1-19-6-4-7-20(16-19)27-14-12-26(13-15-27)11-5-10-25-23(29)17-28-21-8-2-3-9-22(21)31-18-24(28)30/h2-4,6-9,16H,5,10-15,17-18H2,1H3,(H,25,29). The van der Waals surface area contributed by atoms with Gasteiger partial charge in [0.05, 0.1) is 11.4 Å². The number of benzene rings is 2. The van der Waals surface area contributed by atoms with Crippen LogP contribution in [0.3, 0.4) is 0 Å². The highest BCUT2D eigenvalue weighted by molar-refractivity contribution is 8.00. The van der Waals surface area contributed by atoms with Crippen molar-refractivity contribution in [3.63, 3.8) is 0 Å². The molecule has 4 rings (SSSR count). The molecular formula is C24H30N4O2S. The minimum absolute atomic E-state index is 0.00895. The summed E-state index contributed by atoms with van der Waals surface area (Å²) < 4.78 is 0. The van der Waals surface area contributed by atoms with Crippen molar-refractivity contribution in [3.05, 3.63) is 54.1 Å². The maximum atomic E-state index is 12.4. The molecule has 1 N–H and O–H groups in total. The molecule has 2 heterocycles. The smallest absolute Gasteiger partial charge is 0.240 e. The fourth-order valence-corrected chi connectivity index (χ4v) is 5.05. The zero-order valence-corrected chi connectivity index (χ0v) is 18.9. The maximum absolute atomic E-state index is 12.4. The minimum Gasteiger partial charge on any atom is -0.369 e. The van der Waals surface area contributed by atoms with E-state index in [2.05, 4.69) is 46.3 Å². The number of nitrogens with zero attached hydrogens (tertiary/aromatic N) is 3. The van der Waals surface area contributed by atoms with Gasteiger partial charge < -0.3 is 15.1 Å². The van der Waals surface area contributed by atoms with Gasteiger partial charge in [-0.1, -0.05) is 24.3 Å². The molecule has 2 amide bonds. The summed E-state index contributed by atoms with van der Waals surface area (Å²) in [6.45, 7) is 7.98. The fraction of sp³-hybridized carbons (Fsp3) is 0.417. The van der Waals surface area contributed by atoms with Crippen molar-refractivity contribution in [3.8, 4) is 0 Å². The number of carbonyl (C=O) groups is 2. The van der Waals surface area contributed by atoms with Crippen LogP contribution in [0.15, 0.2) is 53.4 Å². The second-order valence-electron chi connectivity index (χ2n) is 8.11. The molecule has 6 nitrogen and oxygen atoms in total. The lowest BCUT2D eigenvalue weighted by atomic mass is 10.2. The van der Waals surface area contributed by atoms with Crippen molar-refractivity contribution in [1.29, 1.82) is 0 Å². The van der Waals surface area contributed by atoms with Crippen molar-refractivity contribution in [2.45, 2.75) is 18.2 Å². The predicted molar refractivity (Wildman–Crippen MR) is 127 cm³/mol. The summed E-state index contributed by atoms with van der Waals surface area (Å²) in [5.74, 6) is 0.281. The summed E-state index contributed by atoms with van der Waals surface area (Å²) >= 11 is 1.53. The number of fused-ring (bicyclic) bond motifs is 1. The van der Waals surface area contributed by atoms with E-state index in [9.17, 15) is 9.59 Å². The molecule has 1 fully saturated rings. The number of amides is 2. The van der Waals surface area contributed by atoms with Crippen LogP contribution < -0.4 is 15.1 Å². The normalized spacial score (nSPS) is 16.9. The highest BCUT2D eigenvalue weighted by atomic mass is 32.2. The molecule has 2 aromatic rings. The Kier molecular flexibility index (Phi) is 7.14. The van der Waals surface area contributed by atoms with E-state index in [1.807, 2.05) is 24.3 Å². The Morgan fingerprint density at radius 1 is 1.06 bits per heavy atom. The number of piperazine rings is 1. The topological polar surface area (TPSA) is 55.9 Å². The highest BCUT2D eigenvalue weighted by Crippen LogP contribution is 2.34. The van der Waals surface area contributed by atoms with Crippen LogP contribution in [0.1, 0.15) is 12.0 Å². The van der Waals surface area contributed by atoms with E-state index in [0.29, 0.717) is 12.3 Å². The molecule has 164 valence electrons. The summed E-state index contributed by atoms with van der Waals surface area (Å²) in [7, 11) is 0. The first-order valence-corrected chi connectivity index (χ1v) is 11.9. The Balaban J connectivity index is 1.16. The Labute approximate surface area is 188 Å². The second kappa shape index (κ2) is 10.2. The molecule has 0 bridgehead atoms. The lowest BCUT2D eigenvalue weighted by Crippen LogP contribution is -2.47. The Bertz CT molecular complexity index is 927. The lowest BCUT2D eigenvalue weighted by Gasteiger charge is -2.36. The first-order valence-electron chi connectivity index (χ1n) is 10.9. The van der Waals surface area contributed by atoms with Crippen molar-refractivity contribution in [1.82, 2.24) is 10.2 Å². The number of para-hydroxylation sites is 1. The predicted octanol–water partition coefficient (Wildman–Crippen LogP) is 2.76. The Hall–Kier alpha value is -2.51. The fourth-order valence-electron chi connectivity index (χ4n) is 4.11. The van der Waals surface area contributed by atoms with Gasteiger partial charge in [0.1, 0.15) is 6.54 Å². The van der Waals surface area contributed by atoms with Gasteiger partial charge in [-0.25, -0.2) is 0 Å². The molecule has 2 aliphatic heterocycles. The summed E-state index contributed by atoms with van der Waals surface area (Å²) in [6, 6.07) is 16.4. The zero-order chi connectivity index (χ0) is 21.6. The van der Waals surface area contributed by atoms with E-state index in [4.69, 9.17) is 0 Å². The molecule has 7 heteroatoms. The third-order valence-electron chi connectivity index (χ3n) is 5.82. The molecule has 0 saturated carbocycles. The quantitative estimate of drug-likeness (QED) is 0.674. The number of hydrogen-bond donors (Lipinski definition) is 1. The first-order chi connectivity index (χ1) is 15.1. The van der Waals surface area contributed by atoms with E-state index in [1.165, 1.54) is 23.0 Å². The molecule has 31 heavy (non-hydrogen) atoms.